The van der Waals surface area contributed by atoms with Crippen molar-refractivity contribution in [1.82, 2.24) is 0 Å². The van der Waals surface area contributed by atoms with Crippen molar-refractivity contribution < 1.29 is 19.4 Å². The maximum atomic E-state index is 11.9. The van der Waals surface area contributed by atoms with Crippen molar-refractivity contribution in [1.29, 1.82) is 0 Å². The highest BCUT2D eigenvalue weighted by atomic mass is 16.6. The van der Waals surface area contributed by atoms with Gasteiger partial charge in [0.15, 0.2) is 0 Å². The molecule has 0 radical (unpaired) electrons. The molecule has 23 heavy (non-hydrogen) atoms. The molecule has 4 nitrogen and oxygen atoms in total. The Balaban J connectivity index is 2.38. The summed E-state index contributed by atoms with van der Waals surface area (Å²) in [5.41, 5.74) is -0.563. The summed E-state index contributed by atoms with van der Waals surface area (Å²) >= 11 is 0. The molecule has 1 saturated carbocycles. The van der Waals surface area contributed by atoms with Crippen LogP contribution in [0.4, 0.5) is 0 Å². The summed E-state index contributed by atoms with van der Waals surface area (Å²) in [7, 11) is 0. The maximum absolute atomic E-state index is 11.9. The zero-order valence-corrected chi connectivity index (χ0v) is 15.3. The zero-order valence-electron chi connectivity index (χ0n) is 15.3. The first-order chi connectivity index (χ1) is 10.7. The molecular formula is C19H34O4. The van der Waals surface area contributed by atoms with Gasteiger partial charge in [0.25, 0.3) is 0 Å². The van der Waals surface area contributed by atoms with E-state index in [0.29, 0.717) is 12.3 Å². The van der Waals surface area contributed by atoms with Crippen LogP contribution in [0.5, 0.6) is 0 Å². The number of ether oxygens (including phenoxy) is 1. The van der Waals surface area contributed by atoms with Crippen LogP contribution in [-0.2, 0) is 14.3 Å². The van der Waals surface area contributed by atoms with Crippen molar-refractivity contribution in [3.63, 3.8) is 0 Å². The highest BCUT2D eigenvalue weighted by Gasteiger charge is 2.27. The van der Waals surface area contributed by atoms with Crippen molar-refractivity contribution in [2.24, 2.45) is 17.8 Å². The van der Waals surface area contributed by atoms with Gasteiger partial charge < -0.3 is 9.84 Å². The van der Waals surface area contributed by atoms with Gasteiger partial charge in [-0.1, -0.05) is 51.9 Å². The van der Waals surface area contributed by atoms with Crippen molar-refractivity contribution in [2.45, 2.75) is 91.1 Å². The van der Waals surface area contributed by atoms with Crippen LogP contribution in [0.15, 0.2) is 0 Å². The number of esters is 1. The lowest BCUT2D eigenvalue weighted by atomic mass is 9.82. The van der Waals surface area contributed by atoms with Crippen molar-refractivity contribution in [2.75, 3.05) is 0 Å². The summed E-state index contributed by atoms with van der Waals surface area (Å²) in [5, 5.41) is 9.38. The Morgan fingerprint density at radius 1 is 1.17 bits per heavy atom. The quantitative estimate of drug-likeness (QED) is 0.650. The number of rotatable bonds is 8. The van der Waals surface area contributed by atoms with Crippen molar-refractivity contribution in [3.05, 3.63) is 0 Å². The Kier molecular flexibility index (Phi) is 8.07. The Hall–Kier alpha value is -1.06. The summed E-state index contributed by atoms with van der Waals surface area (Å²) in [6.45, 7) is 7.50. The molecule has 0 aromatic heterocycles. The van der Waals surface area contributed by atoms with Crippen LogP contribution in [0.1, 0.15) is 85.5 Å². The molecule has 0 amide bonds. The van der Waals surface area contributed by atoms with E-state index in [1.165, 1.54) is 38.5 Å². The van der Waals surface area contributed by atoms with Crippen molar-refractivity contribution in [3.8, 4) is 0 Å². The Bertz CT molecular complexity index is 377. The highest BCUT2D eigenvalue weighted by Crippen LogP contribution is 2.30. The predicted octanol–water partition coefficient (Wildman–Crippen LogP) is 4.81. The van der Waals surface area contributed by atoms with E-state index < -0.39 is 23.5 Å². The average molecular weight is 326 g/mol. The van der Waals surface area contributed by atoms with E-state index in [1.807, 2.05) is 0 Å². The number of carboxylic acid groups (broad SMARTS) is 1. The van der Waals surface area contributed by atoms with E-state index in [9.17, 15) is 14.7 Å². The number of carbonyl (C=O) groups is 2. The van der Waals surface area contributed by atoms with Gasteiger partial charge in [0, 0.05) is 0 Å². The molecule has 0 heterocycles. The predicted molar refractivity (Wildman–Crippen MR) is 91.2 cm³/mol. The van der Waals surface area contributed by atoms with E-state index >= 15 is 0 Å². The van der Waals surface area contributed by atoms with Crippen LogP contribution >= 0.6 is 0 Å². The minimum Gasteiger partial charge on any atom is -0.481 e. The second kappa shape index (κ2) is 9.29. The first kappa shape index (κ1) is 20.0. The third-order valence-electron chi connectivity index (χ3n) is 4.66. The van der Waals surface area contributed by atoms with Gasteiger partial charge in [-0.2, -0.15) is 0 Å². The second-order valence-corrected chi connectivity index (χ2v) is 8.25. The summed E-state index contributed by atoms with van der Waals surface area (Å²) in [5.74, 6) is -0.781. The lowest BCUT2D eigenvalue weighted by Crippen LogP contribution is -2.28. The lowest BCUT2D eigenvalue weighted by Gasteiger charge is -2.24. The van der Waals surface area contributed by atoms with E-state index in [4.69, 9.17) is 4.74 Å². The molecule has 2 atom stereocenters. The largest absolute Gasteiger partial charge is 0.481 e. The topological polar surface area (TPSA) is 63.6 Å². The van der Waals surface area contributed by atoms with Crippen LogP contribution in [0, 0.1) is 17.8 Å². The smallest absolute Gasteiger partial charge is 0.307 e. The molecule has 0 aromatic carbocycles. The molecule has 0 aliphatic heterocycles. The van der Waals surface area contributed by atoms with E-state index in [-0.39, 0.29) is 6.42 Å². The third kappa shape index (κ3) is 8.97. The Morgan fingerprint density at radius 3 is 2.30 bits per heavy atom. The molecule has 1 fully saturated rings. The number of hydrogen-bond acceptors (Lipinski definition) is 3. The van der Waals surface area contributed by atoms with Crippen molar-refractivity contribution >= 4 is 11.9 Å². The molecule has 4 heteroatoms. The maximum Gasteiger partial charge on any atom is 0.307 e. The standard InChI is InChI=1S/C19H34O4/c1-14(10-11-15-8-6-5-7-9-15)12-16(18(21)22)13-17(20)23-19(2,3)4/h14-16H,5-13H2,1-4H3,(H,21,22)/t14-,16+/m1/s1. The molecule has 1 rings (SSSR count). The summed E-state index contributed by atoms with van der Waals surface area (Å²) in [4.78, 5) is 23.3. The first-order valence-electron chi connectivity index (χ1n) is 9.12. The van der Waals surface area contributed by atoms with Gasteiger partial charge in [-0.15, -0.1) is 0 Å². The third-order valence-corrected chi connectivity index (χ3v) is 4.66. The fraction of sp³-hybridized carbons (Fsp3) is 0.895. The second-order valence-electron chi connectivity index (χ2n) is 8.25. The van der Waals surface area contributed by atoms with Crippen LogP contribution in [-0.4, -0.2) is 22.6 Å². The van der Waals surface area contributed by atoms with Gasteiger partial charge in [0.2, 0.25) is 0 Å². The monoisotopic (exact) mass is 326 g/mol. The van der Waals surface area contributed by atoms with Gasteiger partial charge in [0.05, 0.1) is 12.3 Å². The number of hydrogen-bond donors (Lipinski definition) is 1. The van der Waals surface area contributed by atoms with E-state index in [0.717, 1.165) is 12.3 Å². The molecule has 0 bridgehead atoms. The van der Waals surface area contributed by atoms with Gasteiger partial charge >= 0.3 is 11.9 Å². The van der Waals surface area contributed by atoms with E-state index in [1.54, 1.807) is 20.8 Å². The summed E-state index contributed by atoms with van der Waals surface area (Å²) in [6.07, 6.45) is 9.48. The lowest BCUT2D eigenvalue weighted by molar-refractivity contribution is -0.160. The molecule has 0 unspecified atom stereocenters. The molecule has 134 valence electrons. The number of carbonyl (C=O) groups excluding carboxylic acids is 1. The van der Waals surface area contributed by atoms with Gasteiger partial charge in [-0.3, -0.25) is 9.59 Å². The normalized spacial score (nSPS) is 19.1. The van der Waals surface area contributed by atoms with Crippen LogP contribution < -0.4 is 0 Å². The SMILES string of the molecule is C[C@H](CCC1CCCCC1)C[C@@H](CC(=O)OC(C)(C)C)C(=O)O. The number of carboxylic acids is 1. The molecule has 0 aromatic rings. The summed E-state index contributed by atoms with van der Waals surface area (Å²) in [6, 6.07) is 0. The first-order valence-corrected chi connectivity index (χ1v) is 9.12. The van der Waals surface area contributed by atoms with Gasteiger partial charge in [0.1, 0.15) is 5.60 Å². The molecule has 0 spiro atoms. The van der Waals surface area contributed by atoms with Crippen LogP contribution in [0.3, 0.4) is 0 Å². The van der Waals surface area contributed by atoms with Gasteiger partial charge in [-0.05, 0) is 39.0 Å². The average Bonchev–Trinajstić information content (AvgIpc) is 2.43. The molecule has 1 aliphatic carbocycles. The number of aliphatic carboxylic acids is 1. The fourth-order valence-electron chi connectivity index (χ4n) is 3.46. The molecule has 0 saturated heterocycles. The zero-order chi connectivity index (χ0) is 17.5. The Labute approximate surface area is 141 Å². The Morgan fingerprint density at radius 2 is 1.78 bits per heavy atom. The molecular weight excluding hydrogens is 292 g/mol. The van der Waals surface area contributed by atoms with Crippen LogP contribution in [0.25, 0.3) is 0 Å². The van der Waals surface area contributed by atoms with Gasteiger partial charge in [-0.25, -0.2) is 0 Å². The van der Waals surface area contributed by atoms with Crippen LogP contribution in [0.2, 0.25) is 0 Å². The highest BCUT2D eigenvalue weighted by molar-refractivity contribution is 5.78. The molecule has 1 aliphatic rings. The molecule has 1 N–H and O–H groups in total. The fourth-order valence-corrected chi connectivity index (χ4v) is 3.46. The summed E-state index contributed by atoms with van der Waals surface area (Å²) < 4.78 is 5.25. The van der Waals surface area contributed by atoms with E-state index in [2.05, 4.69) is 6.92 Å². The minimum absolute atomic E-state index is 0.0274. The minimum atomic E-state index is -0.889.